The second-order valence-electron chi connectivity index (χ2n) is 6.45. The molecule has 1 aliphatic carbocycles. The van der Waals surface area contributed by atoms with E-state index in [1.54, 1.807) is 17.0 Å². The van der Waals surface area contributed by atoms with E-state index in [1.807, 2.05) is 12.1 Å². The minimum Gasteiger partial charge on any atom is -0.481 e. The van der Waals surface area contributed by atoms with Gasteiger partial charge in [0.2, 0.25) is 5.91 Å². The first-order chi connectivity index (χ1) is 11.0. The first kappa shape index (κ1) is 16.3. The Morgan fingerprint density at radius 2 is 1.74 bits per heavy atom. The first-order valence-electron chi connectivity index (χ1n) is 7.92. The van der Waals surface area contributed by atoms with Crippen LogP contribution in [0.15, 0.2) is 24.3 Å². The number of hydrogen-bond acceptors (Lipinski definition) is 3. The molecule has 2 fully saturated rings. The highest BCUT2D eigenvalue weighted by atomic mass is 35.5. The third-order valence-corrected chi connectivity index (χ3v) is 5.19. The van der Waals surface area contributed by atoms with E-state index in [2.05, 4.69) is 0 Å². The standard InChI is InChI=1S/C17H20ClNO4/c18-12-3-1-10(2-4-12)15(20)11-5-7-19(8-6-11)16(21)13-9-14(13)17(22)23/h1-4,11,13-15,20H,5-9H2,(H,22,23)/t13-,14+,15-/m0/s1. The van der Waals surface area contributed by atoms with Crippen LogP contribution in [0.25, 0.3) is 0 Å². The number of aliphatic carboxylic acids is 1. The van der Waals surface area contributed by atoms with Gasteiger partial charge in [-0.05, 0) is 42.9 Å². The fourth-order valence-corrected chi connectivity index (χ4v) is 3.47. The average molecular weight is 338 g/mol. The Balaban J connectivity index is 1.53. The van der Waals surface area contributed by atoms with Crippen molar-refractivity contribution in [3.05, 3.63) is 34.9 Å². The predicted octanol–water partition coefficient (Wildman–Crippen LogP) is 2.33. The Morgan fingerprint density at radius 3 is 2.26 bits per heavy atom. The summed E-state index contributed by atoms with van der Waals surface area (Å²) in [7, 11) is 0. The van der Waals surface area contributed by atoms with Crippen LogP contribution in [0.5, 0.6) is 0 Å². The van der Waals surface area contributed by atoms with Gasteiger partial charge in [0.05, 0.1) is 17.9 Å². The van der Waals surface area contributed by atoms with E-state index in [0.29, 0.717) is 24.5 Å². The molecule has 1 heterocycles. The Kier molecular flexibility index (Phi) is 4.60. The molecule has 1 saturated heterocycles. The van der Waals surface area contributed by atoms with Gasteiger partial charge in [0.25, 0.3) is 0 Å². The molecule has 3 rings (SSSR count). The first-order valence-corrected chi connectivity index (χ1v) is 8.30. The summed E-state index contributed by atoms with van der Waals surface area (Å²) in [5, 5.41) is 20.0. The smallest absolute Gasteiger partial charge is 0.307 e. The zero-order chi connectivity index (χ0) is 16.6. The largest absolute Gasteiger partial charge is 0.481 e. The zero-order valence-corrected chi connectivity index (χ0v) is 13.4. The van der Waals surface area contributed by atoms with Crippen LogP contribution in [0.1, 0.15) is 30.9 Å². The lowest BCUT2D eigenvalue weighted by Gasteiger charge is -2.34. The molecule has 0 aromatic heterocycles. The quantitative estimate of drug-likeness (QED) is 0.884. The Labute approximate surface area is 139 Å². The van der Waals surface area contributed by atoms with E-state index in [1.165, 1.54) is 0 Å². The Morgan fingerprint density at radius 1 is 1.13 bits per heavy atom. The summed E-state index contributed by atoms with van der Waals surface area (Å²) >= 11 is 5.86. The average Bonchev–Trinajstić information content (AvgIpc) is 3.35. The summed E-state index contributed by atoms with van der Waals surface area (Å²) in [4.78, 5) is 24.9. The van der Waals surface area contributed by atoms with Crippen LogP contribution in [0.2, 0.25) is 5.02 Å². The van der Waals surface area contributed by atoms with Crippen LogP contribution in [-0.2, 0) is 9.59 Å². The van der Waals surface area contributed by atoms with Gasteiger partial charge in [0.15, 0.2) is 0 Å². The molecule has 2 N–H and O–H groups in total. The maximum atomic E-state index is 12.2. The number of aliphatic hydroxyl groups is 1. The van der Waals surface area contributed by atoms with Gasteiger partial charge in [-0.25, -0.2) is 0 Å². The summed E-state index contributed by atoms with van der Waals surface area (Å²) < 4.78 is 0. The summed E-state index contributed by atoms with van der Waals surface area (Å²) in [5.41, 5.74) is 0.840. The molecule has 0 bridgehead atoms. The number of benzene rings is 1. The molecule has 124 valence electrons. The van der Waals surface area contributed by atoms with Gasteiger partial charge in [-0.2, -0.15) is 0 Å². The monoisotopic (exact) mass is 337 g/mol. The van der Waals surface area contributed by atoms with Crippen LogP contribution in [0, 0.1) is 17.8 Å². The number of piperidine rings is 1. The molecule has 1 saturated carbocycles. The van der Waals surface area contributed by atoms with E-state index in [-0.39, 0.29) is 17.7 Å². The van der Waals surface area contributed by atoms with Gasteiger partial charge in [-0.3, -0.25) is 9.59 Å². The SMILES string of the molecule is O=C(O)[C@@H]1C[C@@H]1C(=O)N1CCC([C@@H](O)c2ccc(Cl)cc2)CC1. The van der Waals surface area contributed by atoms with Crippen LogP contribution < -0.4 is 0 Å². The van der Waals surface area contributed by atoms with Gasteiger partial charge >= 0.3 is 5.97 Å². The van der Waals surface area contributed by atoms with E-state index < -0.39 is 18.0 Å². The third kappa shape index (κ3) is 3.51. The maximum absolute atomic E-state index is 12.2. The molecule has 0 spiro atoms. The molecule has 2 aliphatic rings. The summed E-state index contributed by atoms with van der Waals surface area (Å²) in [6, 6.07) is 7.17. The number of likely N-dealkylation sites (tertiary alicyclic amines) is 1. The molecule has 1 aromatic rings. The van der Waals surface area contributed by atoms with E-state index >= 15 is 0 Å². The van der Waals surface area contributed by atoms with Crippen molar-refractivity contribution in [3.63, 3.8) is 0 Å². The third-order valence-electron chi connectivity index (χ3n) is 4.93. The number of carbonyl (C=O) groups is 2. The van der Waals surface area contributed by atoms with Crippen molar-refractivity contribution >= 4 is 23.5 Å². The molecule has 0 unspecified atom stereocenters. The Bertz CT molecular complexity index is 595. The maximum Gasteiger partial charge on any atom is 0.307 e. The number of nitrogens with zero attached hydrogens (tertiary/aromatic N) is 1. The molecule has 23 heavy (non-hydrogen) atoms. The van der Waals surface area contributed by atoms with Crippen molar-refractivity contribution in [1.82, 2.24) is 4.90 Å². The molecule has 3 atom stereocenters. The number of hydrogen-bond donors (Lipinski definition) is 2. The summed E-state index contributed by atoms with van der Waals surface area (Å²) in [5.74, 6) is -1.66. The highest BCUT2D eigenvalue weighted by Gasteiger charge is 2.50. The van der Waals surface area contributed by atoms with Crippen LogP contribution in [0.4, 0.5) is 0 Å². The van der Waals surface area contributed by atoms with Crippen molar-refractivity contribution in [1.29, 1.82) is 0 Å². The fourth-order valence-electron chi connectivity index (χ4n) is 3.34. The minimum atomic E-state index is -0.878. The Hall–Kier alpha value is -1.59. The van der Waals surface area contributed by atoms with E-state index in [4.69, 9.17) is 16.7 Å². The lowest BCUT2D eigenvalue weighted by Crippen LogP contribution is -2.41. The predicted molar refractivity (Wildman–Crippen MR) is 84.9 cm³/mol. The zero-order valence-electron chi connectivity index (χ0n) is 12.7. The lowest BCUT2D eigenvalue weighted by molar-refractivity contribution is -0.142. The number of carbonyl (C=O) groups excluding carboxylic acids is 1. The number of rotatable bonds is 4. The second kappa shape index (κ2) is 6.49. The van der Waals surface area contributed by atoms with Crippen LogP contribution in [-0.4, -0.2) is 40.1 Å². The van der Waals surface area contributed by atoms with Crippen molar-refractivity contribution < 1.29 is 19.8 Å². The highest BCUT2D eigenvalue weighted by molar-refractivity contribution is 6.30. The topological polar surface area (TPSA) is 77.8 Å². The molecule has 1 aromatic carbocycles. The normalized spacial score (nSPS) is 25.9. The molecule has 6 heteroatoms. The van der Waals surface area contributed by atoms with Crippen molar-refractivity contribution in [3.8, 4) is 0 Å². The number of carboxylic acid groups (broad SMARTS) is 1. The van der Waals surface area contributed by atoms with Gasteiger partial charge in [-0.15, -0.1) is 0 Å². The number of carboxylic acids is 1. The second-order valence-corrected chi connectivity index (χ2v) is 6.88. The number of halogens is 1. The van der Waals surface area contributed by atoms with Crippen LogP contribution >= 0.6 is 11.6 Å². The van der Waals surface area contributed by atoms with Crippen LogP contribution in [0.3, 0.4) is 0 Å². The highest BCUT2D eigenvalue weighted by Crippen LogP contribution is 2.41. The van der Waals surface area contributed by atoms with Gasteiger partial charge in [-0.1, -0.05) is 23.7 Å². The lowest BCUT2D eigenvalue weighted by atomic mass is 9.87. The summed E-state index contributed by atoms with van der Waals surface area (Å²) in [6.07, 6.45) is 1.35. The van der Waals surface area contributed by atoms with Crippen molar-refractivity contribution in [2.75, 3.05) is 13.1 Å². The van der Waals surface area contributed by atoms with Crippen molar-refractivity contribution in [2.45, 2.75) is 25.4 Å². The van der Waals surface area contributed by atoms with E-state index in [9.17, 15) is 14.7 Å². The number of aliphatic hydroxyl groups excluding tert-OH is 1. The van der Waals surface area contributed by atoms with E-state index in [0.717, 1.165) is 18.4 Å². The summed E-state index contributed by atoms with van der Waals surface area (Å²) in [6.45, 7) is 1.16. The fraction of sp³-hybridized carbons (Fsp3) is 0.529. The molecule has 5 nitrogen and oxygen atoms in total. The molecular weight excluding hydrogens is 318 g/mol. The number of amides is 1. The molecular formula is C17H20ClNO4. The van der Waals surface area contributed by atoms with Gasteiger partial charge in [0.1, 0.15) is 0 Å². The van der Waals surface area contributed by atoms with Gasteiger partial charge < -0.3 is 15.1 Å². The molecule has 1 amide bonds. The molecule has 1 aliphatic heterocycles. The van der Waals surface area contributed by atoms with Crippen molar-refractivity contribution in [2.24, 2.45) is 17.8 Å². The van der Waals surface area contributed by atoms with Gasteiger partial charge in [0, 0.05) is 18.1 Å². The minimum absolute atomic E-state index is 0.0446. The molecule has 0 radical (unpaired) electrons.